The van der Waals surface area contributed by atoms with Crippen molar-refractivity contribution in [1.29, 1.82) is 0 Å². The van der Waals surface area contributed by atoms with E-state index >= 15 is 0 Å². The normalized spacial score (nSPS) is 10.9. The van der Waals surface area contributed by atoms with Crippen LogP contribution in [0.5, 0.6) is 5.75 Å². The summed E-state index contributed by atoms with van der Waals surface area (Å²) < 4.78 is 7.52. The van der Waals surface area contributed by atoms with Crippen LogP contribution in [0.2, 0.25) is 0 Å². The molecule has 92 valence electrons. The van der Waals surface area contributed by atoms with Gasteiger partial charge >= 0.3 is 0 Å². The zero-order valence-corrected chi connectivity index (χ0v) is 10.2. The van der Waals surface area contributed by atoms with Crippen LogP contribution in [0.25, 0.3) is 11.0 Å². The number of ether oxygens (including phenoxy) is 1. The molecule has 3 N–H and O–H groups in total. The van der Waals surface area contributed by atoms with Crippen LogP contribution in [-0.4, -0.2) is 29.8 Å². The Morgan fingerprint density at radius 3 is 3.06 bits per heavy atom. The third-order valence-electron chi connectivity index (χ3n) is 2.73. The zero-order chi connectivity index (χ0) is 12.3. The number of benzene rings is 1. The fraction of sp³-hybridized carbons (Fsp3) is 0.417. The van der Waals surface area contributed by atoms with E-state index in [1.807, 2.05) is 36.9 Å². The molecule has 0 bridgehead atoms. The topological polar surface area (TPSA) is 65.1 Å². The van der Waals surface area contributed by atoms with Crippen LogP contribution in [0.1, 0.15) is 6.42 Å². The Bertz CT molecular complexity index is 506. The van der Waals surface area contributed by atoms with Crippen LogP contribution in [0.4, 0.5) is 5.95 Å². The number of anilines is 1. The number of aryl methyl sites for hydroxylation is 1. The first-order chi connectivity index (χ1) is 8.22. The number of hydrogen-bond acceptors (Lipinski definition) is 4. The van der Waals surface area contributed by atoms with Crippen LogP contribution in [0.3, 0.4) is 0 Å². The third kappa shape index (κ3) is 2.50. The SMILES string of the molecule is CNCCCOc1ccc2nc(N)n(C)c2c1. The molecule has 1 aromatic heterocycles. The molecule has 0 aliphatic carbocycles. The molecule has 1 aromatic carbocycles. The lowest BCUT2D eigenvalue weighted by atomic mass is 10.3. The quantitative estimate of drug-likeness (QED) is 0.761. The summed E-state index contributed by atoms with van der Waals surface area (Å²) >= 11 is 0. The zero-order valence-electron chi connectivity index (χ0n) is 10.2. The van der Waals surface area contributed by atoms with Gasteiger partial charge in [0.2, 0.25) is 5.95 Å². The highest BCUT2D eigenvalue weighted by molar-refractivity contribution is 5.79. The van der Waals surface area contributed by atoms with E-state index < -0.39 is 0 Å². The number of hydrogen-bond donors (Lipinski definition) is 2. The fourth-order valence-corrected chi connectivity index (χ4v) is 1.72. The molecule has 0 radical (unpaired) electrons. The highest BCUT2D eigenvalue weighted by Gasteiger charge is 2.05. The second-order valence-corrected chi connectivity index (χ2v) is 3.99. The molecule has 0 unspecified atom stereocenters. The Labute approximate surface area is 101 Å². The molecule has 1 heterocycles. The Hall–Kier alpha value is -1.75. The van der Waals surface area contributed by atoms with Crippen LogP contribution in [-0.2, 0) is 7.05 Å². The van der Waals surface area contributed by atoms with E-state index in [4.69, 9.17) is 10.5 Å². The molecule has 0 saturated carbocycles. The van der Waals surface area contributed by atoms with Crippen molar-refractivity contribution in [2.45, 2.75) is 6.42 Å². The summed E-state index contributed by atoms with van der Waals surface area (Å²) in [5.74, 6) is 1.38. The number of imidazole rings is 1. The number of nitrogens with two attached hydrogens (primary N) is 1. The van der Waals surface area contributed by atoms with Gasteiger partial charge in [0.1, 0.15) is 5.75 Å². The molecule has 0 amide bonds. The number of nitrogens with one attached hydrogen (secondary N) is 1. The summed E-state index contributed by atoms with van der Waals surface area (Å²) in [7, 11) is 3.83. The smallest absolute Gasteiger partial charge is 0.200 e. The average molecular weight is 234 g/mol. The minimum Gasteiger partial charge on any atom is -0.493 e. The van der Waals surface area contributed by atoms with Crippen LogP contribution < -0.4 is 15.8 Å². The molecular weight excluding hydrogens is 216 g/mol. The maximum Gasteiger partial charge on any atom is 0.200 e. The maximum atomic E-state index is 5.75. The monoisotopic (exact) mass is 234 g/mol. The van der Waals surface area contributed by atoms with Crippen molar-refractivity contribution >= 4 is 17.0 Å². The van der Waals surface area contributed by atoms with Crippen molar-refractivity contribution in [3.63, 3.8) is 0 Å². The number of nitrogens with zero attached hydrogens (tertiary/aromatic N) is 2. The van der Waals surface area contributed by atoms with Crippen LogP contribution in [0, 0.1) is 0 Å². The van der Waals surface area contributed by atoms with Gasteiger partial charge in [0.25, 0.3) is 0 Å². The summed E-state index contributed by atoms with van der Waals surface area (Å²) in [6.45, 7) is 1.67. The molecule has 0 aliphatic rings. The Balaban J connectivity index is 2.11. The van der Waals surface area contributed by atoms with Crippen molar-refractivity contribution in [2.24, 2.45) is 7.05 Å². The molecule has 0 spiro atoms. The van der Waals surface area contributed by atoms with E-state index in [9.17, 15) is 0 Å². The van der Waals surface area contributed by atoms with Crippen LogP contribution >= 0.6 is 0 Å². The number of nitrogen functional groups attached to an aromatic ring is 1. The molecule has 2 aromatic rings. The molecule has 0 fully saturated rings. The second-order valence-electron chi connectivity index (χ2n) is 3.99. The molecule has 2 rings (SSSR count). The summed E-state index contributed by atoms with van der Waals surface area (Å²) in [5, 5.41) is 3.09. The molecular formula is C12H18N4O. The summed E-state index contributed by atoms with van der Waals surface area (Å²) in [4.78, 5) is 4.24. The molecule has 0 saturated heterocycles. The van der Waals surface area contributed by atoms with Crippen molar-refractivity contribution in [1.82, 2.24) is 14.9 Å². The minimum atomic E-state index is 0.521. The Morgan fingerprint density at radius 1 is 1.47 bits per heavy atom. The third-order valence-corrected chi connectivity index (χ3v) is 2.73. The van der Waals surface area contributed by atoms with Crippen molar-refractivity contribution < 1.29 is 4.74 Å². The van der Waals surface area contributed by atoms with Gasteiger partial charge < -0.3 is 20.4 Å². The highest BCUT2D eigenvalue weighted by atomic mass is 16.5. The minimum absolute atomic E-state index is 0.521. The van der Waals surface area contributed by atoms with E-state index in [1.165, 1.54) is 0 Å². The molecule has 5 nitrogen and oxygen atoms in total. The summed E-state index contributed by atoms with van der Waals surface area (Å²) in [5.41, 5.74) is 7.64. The van der Waals surface area contributed by atoms with Gasteiger partial charge in [-0.05, 0) is 32.1 Å². The van der Waals surface area contributed by atoms with Gasteiger partial charge in [0, 0.05) is 13.1 Å². The fourth-order valence-electron chi connectivity index (χ4n) is 1.72. The molecule has 17 heavy (non-hydrogen) atoms. The van der Waals surface area contributed by atoms with E-state index in [1.54, 1.807) is 0 Å². The van der Waals surface area contributed by atoms with E-state index in [0.29, 0.717) is 12.6 Å². The van der Waals surface area contributed by atoms with Gasteiger partial charge in [-0.3, -0.25) is 0 Å². The van der Waals surface area contributed by atoms with E-state index in [-0.39, 0.29) is 0 Å². The first kappa shape index (κ1) is 11.7. The van der Waals surface area contributed by atoms with Crippen LogP contribution in [0.15, 0.2) is 18.2 Å². The summed E-state index contributed by atoms with van der Waals surface area (Å²) in [6.07, 6.45) is 0.988. The lowest BCUT2D eigenvalue weighted by Gasteiger charge is -2.06. The second kappa shape index (κ2) is 5.05. The van der Waals surface area contributed by atoms with Gasteiger partial charge in [-0.25, -0.2) is 4.98 Å². The number of fused-ring (bicyclic) bond motifs is 1. The van der Waals surface area contributed by atoms with E-state index in [2.05, 4.69) is 10.3 Å². The predicted molar refractivity (Wildman–Crippen MR) is 69.2 cm³/mol. The lowest BCUT2D eigenvalue weighted by Crippen LogP contribution is -2.11. The summed E-state index contributed by atoms with van der Waals surface area (Å²) in [6, 6.07) is 5.82. The van der Waals surface area contributed by atoms with Gasteiger partial charge in [-0.15, -0.1) is 0 Å². The van der Waals surface area contributed by atoms with Crippen molar-refractivity contribution in [3.05, 3.63) is 18.2 Å². The van der Waals surface area contributed by atoms with Gasteiger partial charge in [-0.2, -0.15) is 0 Å². The Morgan fingerprint density at radius 2 is 2.29 bits per heavy atom. The molecule has 5 heteroatoms. The first-order valence-corrected chi connectivity index (χ1v) is 5.71. The lowest BCUT2D eigenvalue weighted by molar-refractivity contribution is 0.310. The number of rotatable bonds is 5. The predicted octanol–water partition coefficient (Wildman–Crippen LogP) is 1.14. The largest absolute Gasteiger partial charge is 0.493 e. The van der Waals surface area contributed by atoms with Gasteiger partial charge in [-0.1, -0.05) is 0 Å². The van der Waals surface area contributed by atoms with Crippen molar-refractivity contribution in [3.8, 4) is 5.75 Å². The van der Waals surface area contributed by atoms with Gasteiger partial charge in [0.05, 0.1) is 17.6 Å². The Kier molecular flexibility index (Phi) is 3.49. The first-order valence-electron chi connectivity index (χ1n) is 5.71. The van der Waals surface area contributed by atoms with Crippen molar-refractivity contribution in [2.75, 3.05) is 25.9 Å². The van der Waals surface area contributed by atoms with E-state index in [0.717, 1.165) is 29.7 Å². The highest BCUT2D eigenvalue weighted by Crippen LogP contribution is 2.22. The van der Waals surface area contributed by atoms with Gasteiger partial charge in [0.15, 0.2) is 0 Å². The standard InChI is InChI=1S/C12H18N4O/c1-14-6-3-7-17-9-4-5-10-11(8-9)16(2)12(13)15-10/h4-5,8,14H,3,6-7H2,1-2H3,(H2,13,15). The molecule has 0 atom stereocenters. The maximum absolute atomic E-state index is 5.75. The molecule has 0 aliphatic heterocycles. The average Bonchev–Trinajstić information content (AvgIpc) is 2.61. The number of aromatic nitrogens is 2.